The van der Waals surface area contributed by atoms with Gasteiger partial charge >= 0.3 is 0 Å². The van der Waals surface area contributed by atoms with Gasteiger partial charge in [0.2, 0.25) is 0 Å². The molecular formula is C9H15NO3S. The SMILES string of the molecule is COCC1C[C@H](O)[C@H]2N=C(C)S[C@H]2O1. The summed E-state index contributed by atoms with van der Waals surface area (Å²) in [4.78, 5) is 4.35. The lowest BCUT2D eigenvalue weighted by Gasteiger charge is -2.33. The van der Waals surface area contributed by atoms with Gasteiger partial charge in [0.05, 0.1) is 23.9 Å². The fourth-order valence-electron chi connectivity index (χ4n) is 1.86. The molecule has 4 nitrogen and oxygen atoms in total. The highest BCUT2D eigenvalue weighted by Gasteiger charge is 2.41. The Bertz CT molecular complexity index is 246. The molecule has 2 aliphatic rings. The van der Waals surface area contributed by atoms with Crippen LogP contribution in [0, 0.1) is 0 Å². The van der Waals surface area contributed by atoms with Crippen molar-refractivity contribution in [3.8, 4) is 0 Å². The first kappa shape index (κ1) is 10.4. The Kier molecular flexibility index (Phi) is 3.11. The van der Waals surface area contributed by atoms with Crippen molar-refractivity contribution in [2.24, 2.45) is 4.99 Å². The van der Waals surface area contributed by atoms with Gasteiger partial charge in [0.25, 0.3) is 0 Å². The summed E-state index contributed by atoms with van der Waals surface area (Å²) in [6.45, 7) is 2.49. The molecule has 4 atom stereocenters. The predicted molar refractivity (Wildman–Crippen MR) is 55.6 cm³/mol. The van der Waals surface area contributed by atoms with E-state index in [2.05, 4.69) is 4.99 Å². The molecule has 0 amide bonds. The van der Waals surface area contributed by atoms with E-state index in [9.17, 15) is 5.11 Å². The minimum absolute atomic E-state index is 0.00449. The van der Waals surface area contributed by atoms with Crippen molar-refractivity contribution in [1.29, 1.82) is 0 Å². The van der Waals surface area contributed by atoms with Gasteiger partial charge in [-0.15, -0.1) is 0 Å². The van der Waals surface area contributed by atoms with Crippen molar-refractivity contribution in [2.45, 2.75) is 37.0 Å². The minimum Gasteiger partial charge on any atom is -0.391 e. The van der Waals surface area contributed by atoms with Crippen molar-refractivity contribution < 1.29 is 14.6 Å². The van der Waals surface area contributed by atoms with Gasteiger partial charge in [0, 0.05) is 13.5 Å². The summed E-state index contributed by atoms with van der Waals surface area (Å²) in [6.07, 6.45) is 0.232. The van der Waals surface area contributed by atoms with Crippen LogP contribution in [0.1, 0.15) is 13.3 Å². The minimum atomic E-state index is -0.390. The van der Waals surface area contributed by atoms with Crippen molar-refractivity contribution in [3.05, 3.63) is 0 Å². The maximum atomic E-state index is 9.84. The van der Waals surface area contributed by atoms with E-state index in [0.29, 0.717) is 13.0 Å². The van der Waals surface area contributed by atoms with E-state index in [1.807, 2.05) is 6.92 Å². The molecule has 2 heterocycles. The molecule has 80 valence electrons. The number of ether oxygens (including phenoxy) is 2. The molecule has 1 unspecified atom stereocenters. The van der Waals surface area contributed by atoms with E-state index in [4.69, 9.17) is 9.47 Å². The van der Waals surface area contributed by atoms with Crippen LogP contribution in [0.25, 0.3) is 0 Å². The molecule has 0 aliphatic carbocycles. The molecule has 0 aromatic carbocycles. The summed E-state index contributed by atoms with van der Waals surface area (Å²) >= 11 is 1.60. The Balaban J connectivity index is 1.99. The monoisotopic (exact) mass is 217 g/mol. The molecule has 1 N–H and O–H groups in total. The van der Waals surface area contributed by atoms with E-state index in [1.54, 1.807) is 18.9 Å². The van der Waals surface area contributed by atoms with Gasteiger partial charge in [-0.25, -0.2) is 0 Å². The highest BCUT2D eigenvalue weighted by molar-refractivity contribution is 8.14. The normalized spacial score (nSPS) is 42.1. The fourth-order valence-corrected chi connectivity index (χ4v) is 2.98. The Hall–Kier alpha value is -0.100. The average Bonchev–Trinajstić information content (AvgIpc) is 2.47. The average molecular weight is 217 g/mol. The summed E-state index contributed by atoms with van der Waals surface area (Å²) in [5, 5.41) is 10.8. The van der Waals surface area contributed by atoms with E-state index in [0.717, 1.165) is 5.04 Å². The van der Waals surface area contributed by atoms with E-state index in [-0.39, 0.29) is 23.7 Å². The van der Waals surface area contributed by atoms with Gasteiger partial charge in [-0.1, -0.05) is 11.8 Å². The topological polar surface area (TPSA) is 51.0 Å². The smallest absolute Gasteiger partial charge is 0.134 e. The second-order valence-corrected chi connectivity index (χ2v) is 4.93. The third-order valence-electron chi connectivity index (χ3n) is 2.47. The third kappa shape index (κ3) is 1.95. The summed E-state index contributed by atoms with van der Waals surface area (Å²) < 4.78 is 10.8. The maximum Gasteiger partial charge on any atom is 0.134 e. The highest BCUT2D eigenvalue weighted by atomic mass is 32.2. The van der Waals surface area contributed by atoms with E-state index in [1.165, 1.54) is 0 Å². The van der Waals surface area contributed by atoms with Crippen LogP contribution in [0.3, 0.4) is 0 Å². The highest BCUT2D eigenvalue weighted by Crippen LogP contribution is 2.35. The molecule has 1 fully saturated rings. The summed E-state index contributed by atoms with van der Waals surface area (Å²) in [5.74, 6) is 0. The zero-order valence-electron chi connectivity index (χ0n) is 8.34. The third-order valence-corrected chi connectivity index (χ3v) is 3.54. The first-order valence-corrected chi connectivity index (χ1v) is 5.62. The molecule has 2 rings (SSSR count). The molecule has 2 aliphatic heterocycles. The van der Waals surface area contributed by atoms with Gasteiger partial charge in [0.15, 0.2) is 0 Å². The second-order valence-electron chi connectivity index (χ2n) is 3.64. The molecule has 0 spiro atoms. The summed E-state index contributed by atoms with van der Waals surface area (Å²) in [7, 11) is 1.64. The molecule has 0 radical (unpaired) electrons. The molecule has 1 saturated heterocycles. The van der Waals surface area contributed by atoms with Crippen molar-refractivity contribution in [3.63, 3.8) is 0 Å². The van der Waals surface area contributed by atoms with Crippen LogP contribution in [0.15, 0.2) is 4.99 Å². The van der Waals surface area contributed by atoms with Crippen LogP contribution in [0.4, 0.5) is 0 Å². The number of rotatable bonds is 2. The van der Waals surface area contributed by atoms with Crippen molar-refractivity contribution in [2.75, 3.05) is 13.7 Å². The lowest BCUT2D eigenvalue weighted by atomic mass is 10.0. The zero-order chi connectivity index (χ0) is 10.1. The molecule has 0 bridgehead atoms. The van der Waals surface area contributed by atoms with E-state index < -0.39 is 0 Å². The Labute approximate surface area is 87.7 Å². The van der Waals surface area contributed by atoms with Crippen molar-refractivity contribution in [1.82, 2.24) is 0 Å². The van der Waals surface area contributed by atoms with Gasteiger partial charge in [-0.3, -0.25) is 4.99 Å². The number of aliphatic hydroxyl groups is 1. The van der Waals surface area contributed by atoms with Crippen LogP contribution in [-0.4, -0.2) is 47.6 Å². The maximum absolute atomic E-state index is 9.84. The predicted octanol–water partition coefficient (Wildman–Crippen LogP) is 0.643. The van der Waals surface area contributed by atoms with Gasteiger partial charge < -0.3 is 14.6 Å². The molecule has 0 aromatic heterocycles. The molecular weight excluding hydrogens is 202 g/mol. The van der Waals surface area contributed by atoms with E-state index >= 15 is 0 Å². The number of hydrogen-bond donors (Lipinski definition) is 1. The molecule has 0 saturated carbocycles. The molecule has 0 aromatic rings. The number of nitrogens with zero attached hydrogens (tertiary/aromatic N) is 1. The summed E-state index contributed by atoms with van der Waals surface area (Å²) in [5.41, 5.74) is -0.0149. The Morgan fingerprint density at radius 3 is 3.21 bits per heavy atom. The first-order valence-electron chi connectivity index (χ1n) is 4.74. The second kappa shape index (κ2) is 4.18. The van der Waals surface area contributed by atoms with Crippen LogP contribution in [-0.2, 0) is 9.47 Å². The fraction of sp³-hybridized carbons (Fsp3) is 0.889. The molecule has 5 heteroatoms. The Morgan fingerprint density at radius 1 is 1.71 bits per heavy atom. The molecule has 14 heavy (non-hydrogen) atoms. The number of aliphatic hydroxyl groups excluding tert-OH is 1. The van der Waals surface area contributed by atoms with Gasteiger partial charge in [-0.2, -0.15) is 0 Å². The quantitative estimate of drug-likeness (QED) is 0.737. The van der Waals surface area contributed by atoms with Crippen molar-refractivity contribution >= 4 is 16.8 Å². The number of thioether (sulfide) groups is 1. The number of methoxy groups -OCH3 is 1. The standard InChI is InChI=1S/C9H15NO3S/c1-5-10-8-7(11)3-6(4-12-2)13-9(8)14-5/h6-9,11H,3-4H2,1-2H3/t6?,7-,8+,9+/m0/s1. The van der Waals surface area contributed by atoms with Crippen LogP contribution < -0.4 is 0 Å². The van der Waals surface area contributed by atoms with Gasteiger partial charge in [0.1, 0.15) is 11.5 Å². The summed E-state index contributed by atoms with van der Waals surface area (Å²) in [6, 6.07) is -0.0758. The number of fused-ring (bicyclic) bond motifs is 1. The number of aliphatic imine (C=N–C) groups is 1. The van der Waals surface area contributed by atoms with Crippen LogP contribution in [0.2, 0.25) is 0 Å². The van der Waals surface area contributed by atoms with Crippen LogP contribution >= 0.6 is 11.8 Å². The lowest BCUT2D eigenvalue weighted by molar-refractivity contribution is -0.0932. The Morgan fingerprint density at radius 2 is 2.50 bits per heavy atom. The zero-order valence-corrected chi connectivity index (χ0v) is 9.16. The van der Waals surface area contributed by atoms with Crippen LogP contribution in [0.5, 0.6) is 0 Å². The largest absolute Gasteiger partial charge is 0.391 e. The lowest BCUT2D eigenvalue weighted by Crippen LogP contribution is -2.45. The number of hydrogen-bond acceptors (Lipinski definition) is 5. The van der Waals surface area contributed by atoms with Gasteiger partial charge in [-0.05, 0) is 6.92 Å². The first-order chi connectivity index (χ1) is 6.70.